The third kappa shape index (κ3) is 6.48. The number of nitrogens with one attached hydrogen (secondary N) is 1. The Hall–Kier alpha value is -3.52. The molecular weight excluding hydrogens is 503 g/mol. The van der Waals surface area contributed by atoms with Gasteiger partial charge in [0.2, 0.25) is 11.8 Å². The van der Waals surface area contributed by atoms with Gasteiger partial charge in [0, 0.05) is 11.4 Å². The van der Waals surface area contributed by atoms with Gasteiger partial charge in [-0.2, -0.15) is 0 Å². The molecule has 6 nitrogen and oxygen atoms in total. The zero-order valence-corrected chi connectivity index (χ0v) is 22.7. The highest BCUT2D eigenvalue weighted by Gasteiger charge is 2.39. The molecule has 4 rings (SSSR count). The zero-order chi connectivity index (χ0) is 27.1. The molecule has 8 heteroatoms. The summed E-state index contributed by atoms with van der Waals surface area (Å²) in [4.78, 5) is 29.4. The second-order valence-electron chi connectivity index (χ2n) is 9.03. The molecule has 0 saturated heterocycles. The molecule has 1 heterocycles. The third-order valence-corrected chi connectivity index (χ3v) is 7.82. The standard InChI is InChI=1S/C30H33FN2O4S/c1-4-36-25-15-12-21(18-26(25)37-5-2)16-17-32-29(34)20(3)28-30(35)33(19-22-10-13-23(31)14-11-22)24-8-6-7-9-27(24)38-28/h6-15,18,20,28H,4-5,16-17,19H2,1-3H3,(H,32,34). The van der Waals surface area contributed by atoms with E-state index in [0.29, 0.717) is 44.2 Å². The van der Waals surface area contributed by atoms with E-state index < -0.39 is 11.2 Å². The highest BCUT2D eigenvalue weighted by Crippen LogP contribution is 2.42. The smallest absolute Gasteiger partial charge is 0.241 e. The van der Waals surface area contributed by atoms with Crippen LogP contribution in [0.5, 0.6) is 11.5 Å². The first kappa shape index (κ1) is 27.5. The molecule has 2 unspecified atom stereocenters. The van der Waals surface area contributed by atoms with Crippen LogP contribution in [-0.2, 0) is 22.6 Å². The molecule has 0 spiro atoms. The summed E-state index contributed by atoms with van der Waals surface area (Å²) in [5.74, 6) is 0.222. The molecule has 0 aromatic heterocycles. The van der Waals surface area contributed by atoms with Gasteiger partial charge in [-0.25, -0.2) is 4.39 Å². The number of thioether (sulfide) groups is 1. The summed E-state index contributed by atoms with van der Waals surface area (Å²) < 4.78 is 24.7. The highest BCUT2D eigenvalue weighted by atomic mass is 32.2. The first-order chi connectivity index (χ1) is 18.4. The summed E-state index contributed by atoms with van der Waals surface area (Å²) in [5, 5.41) is 2.43. The topological polar surface area (TPSA) is 67.9 Å². The van der Waals surface area contributed by atoms with Crippen molar-refractivity contribution in [2.45, 2.75) is 43.9 Å². The number of para-hydroxylation sites is 1. The maximum atomic E-state index is 13.6. The number of nitrogens with zero attached hydrogens (tertiary/aromatic N) is 1. The lowest BCUT2D eigenvalue weighted by Crippen LogP contribution is -2.47. The van der Waals surface area contributed by atoms with E-state index in [1.807, 2.05) is 56.3 Å². The molecule has 0 radical (unpaired) electrons. The van der Waals surface area contributed by atoms with Gasteiger partial charge in [-0.15, -0.1) is 11.8 Å². The summed E-state index contributed by atoms with van der Waals surface area (Å²) in [6.07, 6.45) is 0.621. The van der Waals surface area contributed by atoms with Gasteiger partial charge in [0.05, 0.1) is 31.4 Å². The van der Waals surface area contributed by atoms with Gasteiger partial charge >= 0.3 is 0 Å². The van der Waals surface area contributed by atoms with Gasteiger partial charge in [-0.05, 0) is 67.8 Å². The largest absolute Gasteiger partial charge is 0.490 e. The minimum atomic E-state index is -0.569. The SMILES string of the molecule is CCOc1ccc(CCNC(=O)C(C)C2Sc3ccccc3N(Cc3ccc(F)cc3)C2=O)cc1OCC. The monoisotopic (exact) mass is 536 g/mol. The molecule has 1 N–H and O–H groups in total. The summed E-state index contributed by atoms with van der Waals surface area (Å²) >= 11 is 1.42. The van der Waals surface area contributed by atoms with Crippen LogP contribution < -0.4 is 19.7 Å². The molecule has 200 valence electrons. The summed E-state index contributed by atoms with van der Waals surface area (Å²) in [6, 6.07) is 19.6. The maximum absolute atomic E-state index is 13.6. The average molecular weight is 537 g/mol. The number of hydrogen-bond acceptors (Lipinski definition) is 5. The van der Waals surface area contributed by atoms with Crippen molar-refractivity contribution in [2.24, 2.45) is 5.92 Å². The van der Waals surface area contributed by atoms with E-state index in [9.17, 15) is 14.0 Å². The van der Waals surface area contributed by atoms with Crippen LogP contribution >= 0.6 is 11.8 Å². The fraction of sp³-hybridized carbons (Fsp3) is 0.333. The van der Waals surface area contributed by atoms with E-state index in [-0.39, 0.29) is 17.6 Å². The Kier molecular flexibility index (Phi) is 9.29. The van der Waals surface area contributed by atoms with Crippen molar-refractivity contribution in [2.75, 3.05) is 24.7 Å². The number of fused-ring (bicyclic) bond motifs is 1. The van der Waals surface area contributed by atoms with Crippen LogP contribution in [0.2, 0.25) is 0 Å². The number of hydrogen-bond donors (Lipinski definition) is 1. The lowest BCUT2D eigenvalue weighted by atomic mass is 10.0. The quantitative estimate of drug-likeness (QED) is 0.344. The van der Waals surface area contributed by atoms with Crippen LogP contribution in [0.25, 0.3) is 0 Å². The van der Waals surface area contributed by atoms with Crippen LogP contribution in [0.15, 0.2) is 71.6 Å². The second kappa shape index (κ2) is 12.8. The van der Waals surface area contributed by atoms with Crippen molar-refractivity contribution < 1.29 is 23.5 Å². The van der Waals surface area contributed by atoms with Crippen molar-refractivity contribution in [3.8, 4) is 11.5 Å². The van der Waals surface area contributed by atoms with Crippen molar-refractivity contribution in [1.82, 2.24) is 5.32 Å². The Balaban J connectivity index is 1.42. The molecule has 3 aromatic rings. The van der Waals surface area contributed by atoms with E-state index in [2.05, 4.69) is 5.32 Å². The van der Waals surface area contributed by atoms with Gasteiger partial charge in [-0.3, -0.25) is 9.59 Å². The third-order valence-electron chi connectivity index (χ3n) is 6.36. The fourth-order valence-electron chi connectivity index (χ4n) is 4.37. The minimum Gasteiger partial charge on any atom is -0.490 e. The normalized spacial score (nSPS) is 15.5. The molecule has 0 bridgehead atoms. The number of rotatable bonds is 11. The molecule has 0 saturated carbocycles. The Morgan fingerprint density at radius 2 is 1.68 bits per heavy atom. The first-order valence-electron chi connectivity index (χ1n) is 12.9. The van der Waals surface area contributed by atoms with Gasteiger partial charge in [0.1, 0.15) is 11.1 Å². The zero-order valence-electron chi connectivity index (χ0n) is 21.9. The van der Waals surface area contributed by atoms with Gasteiger partial charge in [0.15, 0.2) is 11.5 Å². The number of ether oxygens (including phenoxy) is 2. The number of amides is 2. The molecule has 1 aliphatic heterocycles. The Bertz CT molecular complexity index is 1270. The minimum absolute atomic E-state index is 0.131. The first-order valence-corrected chi connectivity index (χ1v) is 13.8. The Morgan fingerprint density at radius 1 is 1.00 bits per heavy atom. The van der Waals surface area contributed by atoms with Crippen LogP contribution in [0, 0.1) is 11.7 Å². The predicted molar refractivity (Wildman–Crippen MR) is 148 cm³/mol. The molecule has 0 fully saturated rings. The lowest BCUT2D eigenvalue weighted by Gasteiger charge is -2.35. The Labute approximate surface area is 227 Å². The van der Waals surface area contributed by atoms with E-state index in [1.54, 1.807) is 24.0 Å². The van der Waals surface area contributed by atoms with Crippen molar-refractivity contribution in [3.63, 3.8) is 0 Å². The van der Waals surface area contributed by atoms with Crippen LogP contribution in [0.1, 0.15) is 31.9 Å². The van der Waals surface area contributed by atoms with Gasteiger partial charge in [-0.1, -0.05) is 37.3 Å². The summed E-state index contributed by atoms with van der Waals surface area (Å²) in [7, 11) is 0. The highest BCUT2D eigenvalue weighted by molar-refractivity contribution is 8.01. The van der Waals surface area contributed by atoms with Crippen molar-refractivity contribution in [1.29, 1.82) is 0 Å². The second-order valence-corrected chi connectivity index (χ2v) is 10.2. The molecular formula is C30H33FN2O4S. The van der Waals surface area contributed by atoms with Gasteiger partial charge < -0.3 is 19.7 Å². The number of carbonyl (C=O) groups excluding carboxylic acids is 2. The number of halogens is 1. The predicted octanol–water partition coefficient (Wildman–Crippen LogP) is 5.63. The average Bonchev–Trinajstić information content (AvgIpc) is 2.92. The van der Waals surface area contributed by atoms with Crippen molar-refractivity contribution in [3.05, 3.63) is 83.7 Å². The van der Waals surface area contributed by atoms with E-state index >= 15 is 0 Å². The maximum Gasteiger partial charge on any atom is 0.241 e. The van der Waals surface area contributed by atoms with Crippen LogP contribution in [0.3, 0.4) is 0 Å². The fourth-order valence-corrected chi connectivity index (χ4v) is 5.66. The number of benzene rings is 3. The van der Waals surface area contributed by atoms with Crippen molar-refractivity contribution >= 4 is 29.3 Å². The molecule has 2 amide bonds. The number of carbonyl (C=O) groups is 2. The molecule has 38 heavy (non-hydrogen) atoms. The van der Waals surface area contributed by atoms with E-state index in [0.717, 1.165) is 21.7 Å². The molecule has 1 aliphatic rings. The molecule has 3 aromatic carbocycles. The molecule has 2 atom stereocenters. The van der Waals surface area contributed by atoms with Gasteiger partial charge in [0.25, 0.3) is 0 Å². The summed E-state index contributed by atoms with van der Waals surface area (Å²) in [6.45, 7) is 7.47. The Morgan fingerprint density at radius 3 is 2.42 bits per heavy atom. The summed E-state index contributed by atoms with van der Waals surface area (Å²) in [5.41, 5.74) is 2.64. The lowest BCUT2D eigenvalue weighted by molar-refractivity contribution is -0.128. The van der Waals surface area contributed by atoms with E-state index in [1.165, 1.54) is 23.9 Å². The van der Waals surface area contributed by atoms with Crippen LogP contribution in [0.4, 0.5) is 10.1 Å². The van der Waals surface area contributed by atoms with E-state index in [4.69, 9.17) is 9.47 Å². The van der Waals surface area contributed by atoms with Crippen LogP contribution in [-0.4, -0.2) is 36.8 Å². The number of anilines is 1. The molecule has 0 aliphatic carbocycles.